The second-order valence-electron chi connectivity index (χ2n) is 14.2. The van der Waals surface area contributed by atoms with Crippen LogP contribution in [-0.4, -0.2) is 0 Å². The third-order valence-corrected chi connectivity index (χ3v) is 8.58. The molecule has 46 heavy (non-hydrogen) atoms. The number of rotatable bonds is 2. The number of benzene rings is 6. The van der Waals surface area contributed by atoms with Crippen molar-refractivity contribution in [2.45, 2.75) is 52.4 Å². The molecular formula is C44H40N2. The summed E-state index contributed by atoms with van der Waals surface area (Å²) in [5.74, 6) is 13.1. The summed E-state index contributed by atoms with van der Waals surface area (Å²) in [5.41, 5.74) is 22.6. The van der Waals surface area contributed by atoms with Crippen LogP contribution in [0.25, 0.3) is 43.8 Å². The lowest BCUT2D eigenvalue weighted by molar-refractivity contribution is 0.590. The van der Waals surface area contributed by atoms with Crippen molar-refractivity contribution < 1.29 is 0 Å². The largest absolute Gasteiger partial charge is 0.399 e. The topological polar surface area (TPSA) is 52.0 Å². The van der Waals surface area contributed by atoms with Gasteiger partial charge < -0.3 is 11.5 Å². The quantitative estimate of drug-likeness (QED) is 0.154. The van der Waals surface area contributed by atoms with Gasteiger partial charge in [0.25, 0.3) is 0 Å². The molecular weight excluding hydrogens is 556 g/mol. The van der Waals surface area contributed by atoms with E-state index in [1.807, 2.05) is 24.3 Å². The number of nitrogens with two attached hydrogens (primary N) is 2. The maximum atomic E-state index is 6.12. The summed E-state index contributed by atoms with van der Waals surface area (Å²) in [5, 5.41) is 4.54. The van der Waals surface area contributed by atoms with Crippen LogP contribution in [0.5, 0.6) is 0 Å². The zero-order valence-electron chi connectivity index (χ0n) is 27.5. The van der Waals surface area contributed by atoms with Gasteiger partial charge in [0.1, 0.15) is 0 Å². The molecule has 6 aromatic carbocycles. The molecule has 226 valence electrons. The van der Waals surface area contributed by atoms with Crippen molar-refractivity contribution in [1.82, 2.24) is 0 Å². The van der Waals surface area contributed by atoms with Gasteiger partial charge in [-0.25, -0.2) is 0 Å². The van der Waals surface area contributed by atoms with Crippen molar-refractivity contribution in [3.8, 4) is 45.9 Å². The molecule has 0 saturated heterocycles. The van der Waals surface area contributed by atoms with E-state index < -0.39 is 0 Å². The van der Waals surface area contributed by atoms with Crippen LogP contribution >= 0.6 is 0 Å². The highest BCUT2D eigenvalue weighted by molar-refractivity contribution is 5.91. The monoisotopic (exact) mass is 596 g/mol. The summed E-state index contributed by atoms with van der Waals surface area (Å²) >= 11 is 0. The third-order valence-electron chi connectivity index (χ3n) is 8.58. The number of hydrogen-bond acceptors (Lipinski definition) is 2. The standard InChI is InChI=1S/C44H40N2/c1-43(2,3)37-19-15-31(41(27-37)33-13-11-29-17-21-39(45)25-35(29)23-33)9-7-8-10-32-16-20-38(44(4,5)6)28-42(32)34-14-12-30-18-22-40(46)26-36(30)24-34/h11-28H,45-46H2,1-6H3. The first kappa shape index (κ1) is 30.6. The van der Waals surface area contributed by atoms with Crippen molar-refractivity contribution in [2.24, 2.45) is 0 Å². The van der Waals surface area contributed by atoms with Gasteiger partial charge in [0, 0.05) is 22.5 Å². The Hall–Kier alpha value is -5.44. The predicted octanol–water partition coefficient (Wildman–Crippen LogP) is 10.5. The smallest absolute Gasteiger partial charge is 0.0334 e. The van der Waals surface area contributed by atoms with Crippen molar-refractivity contribution in [2.75, 3.05) is 11.5 Å². The Morgan fingerprint density at radius 3 is 1.20 bits per heavy atom. The number of hydrogen-bond donors (Lipinski definition) is 2. The molecule has 0 bridgehead atoms. The Labute approximate surface area is 273 Å². The Kier molecular flexibility index (Phi) is 7.85. The van der Waals surface area contributed by atoms with Gasteiger partial charge in [-0.2, -0.15) is 0 Å². The van der Waals surface area contributed by atoms with E-state index in [0.717, 1.165) is 66.3 Å². The van der Waals surface area contributed by atoms with Gasteiger partial charge in [-0.05, 0) is 138 Å². The predicted molar refractivity (Wildman–Crippen MR) is 199 cm³/mol. The van der Waals surface area contributed by atoms with E-state index in [9.17, 15) is 0 Å². The summed E-state index contributed by atoms with van der Waals surface area (Å²) in [6.07, 6.45) is 0. The molecule has 4 N–H and O–H groups in total. The Morgan fingerprint density at radius 1 is 0.413 bits per heavy atom. The van der Waals surface area contributed by atoms with Crippen molar-refractivity contribution in [3.05, 3.63) is 131 Å². The minimum Gasteiger partial charge on any atom is -0.399 e. The third kappa shape index (κ3) is 6.49. The summed E-state index contributed by atoms with van der Waals surface area (Å²) in [4.78, 5) is 0. The van der Waals surface area contributed by atoms with Crippen LogP contribution in [0.1, 0.15) is 63.8 Å². The lowest BCUT2D eigenvalue weighted by Gasteiger charge is -2.21. The number of nitrogen functional groups attached to an aromatic ring is 2. The van der Waals surface area contributed by atoms with E-state index in [1.165, 1.54) is 11.1 Å². The SMILES string of the molecule is CC(C)(C)c1ccc(C#CC#Cc2ccc(C(C)(C)C)cc2-c2ccc3ccc(N)cc3c2)c(-c2ccc3ccc(N)cc3c2)c1. The first-order valence-corrected chi connectivity index (χ1v) is 15.8. The van der Waals surface area contributed by atoms with Crippen LogP contribution in [0, 0.1) is 23.7 Å². The van der Waals surface area contributed by atoms with Crippen molar-refractivity contribution in [1.29, 1.82) is 0 Å². The van der Waals surface area contributed by atoms with E-state index in [-0.39, 0.29) is 10.8 Å². The molecule has 0 aliphatic carbocycles. The van der Waals surface area contributed by atoms with Crippen LogP contribution in [0.4, 0.5) is 11.4 Å². The minimum atomic E-state index is 0.00585. The fourth-order valence-corrected chi connectivity index (χ4v) is 5.78. The Bertz CT molecular complexity index is 2090. The van der Waals surface area contributed by atoms with Crippen LogP contribution < -0.4 is 11.5 Å². The highest BCUT2D eigenvalue weighted by Gasteiger charge is 2.17. The molecule has 2 heteroatoms. The fourth-order valence-electron chi connectivity index (χ4n) is 5.78. The van der Waals surface area contributed by atoms with Crippen LogP contribution in [-0.2, 0) is 10.8 Å². The van der Waals surface area contributed by atoms with Gasteiger partial charge in [0.05, 0.1) is 0 Å². The molecule has 0 fully saturated rings. The summed E-state index contributed by atoms with van der Waals surface area (Å²) in [7, 11) is 0. The average Bonchev–Trinajstić information content (AvgIpc) is 3.01. The molecule has 2 nitrogen and oxygen atoms in total. The second-order valence-corrected chi connectivity index (χ2v) is 14.2. The van der Waals surface area contributed by atoms with Crippen LogP contribution in [0.2, 0.25) is 0 Å². The molecule has 0 amide bonds. The first-order chi connectivity index (χ1) is 21.8. The average molecular weight is 597 g/mol. The van der Waals surface area contributed by atoms with Gasteiger partial charge in [-0.1, -0.05) is 102 Å². The van der Waals surface area contributed by atoms with E-state index >= 15 is 0 Å². The molecule has 0 unspecified atom stereocenters. The molecule has 0 spiro atoms. The van der Waals surface area contributed by atoms with E-state index in [0.29, 0.717) is 0 Å². The van der Waals surface area contributed by atoms with Crippen LogP contribution in [0.15, 0.2) is 109 Å². The first-order valence-electron chi connectivity index (χ1n) is 15.8. The Morgan fingerprint density at radius 2 is 0.804 bits per heavy atom. The number of fused-ring (bicyclic) bond motifs is 2. The zero-order valence-corrected chi connectivity index (χ0v) is 27.5. The highest BCUT2D eigenvalue weighted by Crippen LogP contribution is 2.34. The van der Waals surface area contributed by atoms with Gasteiger partial charge in [-0.15, -0.1) is 0 Å². The molecule has 0 aliphatic rings. The maximum Gasteiger partial charge on any atom is 0.0334 e. The molecule has 6 rings (SSSR count). The van der Waals surface area contributed by atoms with Crippen molar-refractivity contribution in [3.63, 3.8) is 0 Å². The van der Waals surface area contributed by atoms with Gasteiger partial charge in [0.2, 0.25) is 0 Å². The van der Waals surface area contributed by atoms with E-state index in [4.69, 9.17) is 11.5 Å². The van der Waals surface area contributed by atoms with E-state index in [2.05, 4.69) is 150 Å². The van der Waals surface area contributed by atoms with Crippen LogP contribution in [0.3, 0.4) is 0 Å². The van der Waals surface area contributed by atoms with Gasteiger partial charge in [-0.3, -0.25) is 0 Å². The number of anilines is 2. The molecule has 0 aliphatic heterocycles. The zero-order chi connectivity index (χ0) is 32.6. The normalized spacial score (nSPS) is 11.5. The molecule has 0 saturated carbocycles. The van der Waals surface area contributed by atoms with Gasteiger partial charge in [0.15, 0.2) is 0 Å². The van der Waals surface area contributed by atoms with E-state index in [1.54, 1.807) is 0 Å². The molecule has 0 aromatic heterocycles. The lowest BCUT2D eigenvalue weighted by atomic mass is 9.84. The van der Waals surface area contributed by atoms with Gasteiger partial charge >= 0.3 is 0 Å². The van der Waals surface area contributed by atoms with Crippen molar-refractivity contribution >= 4 is 32.9 Å². The molecule has 6 aromatic rings. The second kappa shape index (κ2) is 11.8. The summed E-state index contributed by atoms with van der Waals surface area (Å²) in [6.45, 7) is 13.4. The Balaban J connectivity index is 1.43. The fraction of sp³-hybridized carbons (Fsp3) is 0.182. The lowest BCUT2D eigenvalue weighted by Crippen LogP contribution is -2.11. The highest BCUT2D eigenvalue weighted by atomic mass is 14.5. The minimum absolute atomic E-state index is 0.00585. The maximum absolute atomic E-state index is 6.12. The molecule has 0 heterocycles. The summed E-state index contributed by atoms with van der Waals surface area (Å²) in [6, 6.07) is 38.2. The molecule has 0 radical (unpaired) electrons. The molecule has 0 atom stereocenters. The summed E-state index contributed by atoms with van der Waals surface area (Å²) < 4.78 is 0.